The summed E-state index contributed by atoms with van der Waals surface area (Å²) in [5.74, 6) is 0. The molecular weight excluding hydrogens is 148 g/mol. The van der Waals surface area contributed by atoms with Crippen LogP contribution in [0, 0.1) is 0 Å². The second-order valence-corrected chi connectivity index (χ2v) is 4.20. The van der Waals surface area contributed by atoms with Crippen molar-refractivity contribution in [3.63, 3.8) is 0 Å². The average molecular weight is 170 g/mol. The van der Waals surface area contributed by atoms with E-state index in [1.165, 1.54) is 25.7 Å². The van der Waals surface area contributed by atoms with Crippen LogP contribution in [0.2, 0.25) is 0 Å². The van der Waals surface area contributed by atoms with E-state index < -0.39 is 0 Å². The molecule has 0 aliphatic heterocycles. The van der Waals surface area contributed by atoms with E-state index in [4.69, 9.17) is 0 Å². The Morgan fingerprint density at radius 1 is 1.33 bits per heavy atom. The van der Waals surface area contributed by atoms with Crippen molar-refractivity contribution in [2.45, 2.75) is 44.7 Å². The molecule has 0 aromatic carbocycles. The largest absolute Gasteiger partial charge is 0.312 e. The van der Waals surface area contributed by atoms with Crippen LogP contribution in [-0.4, -0.2) is 37.6 Å². The van der Waals surface area contributed by atoms with E-state index in [2.05, 4.69) is 31.2 Å². The van der Waals surface area contributed by atoms with Crippen LogP contribution in [0.4, 0.5) is 0 Å². The number of nitrogens with one attached hydrogen (secondary N) is 1. The van der Waals surface area contributed by atoms with Crippen LogP contribution in [0.25, 0.3) is 0 Å². The molecule has 1 N–H and O–H groups in total. The molecule has 1 unspecified atom stereocenters. The van der Waals surface area contributed by atoms with Gasteiger partial charge in [0.1, 0.15) is 0 Å². The van der Waals surface area contributed by atoms with Crippen molar-refractivity contribution in [3.8, 4) is 0 Å². The first-order valence-corrected chi connectivity index (χ1v) is 5.10. The average Bonchev–Trinajstić information content (AvgIpc) is 2.51. The summed E-state index contributed by atoms with van der Waals surface area (Å²) in [4.78, 5) is 2.27. The lowest BCUT2D eigenvalue weighted by atomic mass is 10.2. The monoisotopic (exact) mass is 170 g/mol. The number of likely N-dealkylation sites (N-methyl/N-ethyl adjacent to an activating group) is 1. The van der Waals surface area contributed by atoms with E-state index in [1.807, 2.05) is 0 Å². The molecule has 1 saturated carbocycles. The highest BCUT2D eigenvalue weighted by molar-refractivity contribution is 4.75. The molecule has 1 fully saturated rings. The van der Waals surface area contributed by atoms with E-state index >= 15 is 0 Å². The number of nitrogens with zero attached hydrogens (tertiary/aromatic N) is 1. The molecule has 2 nitrogen and oxygen atoms in total. The molecule has 1 rings (SSSR count). The van der Waals surface area contributed by atoms with Crippen molar-refractivity contribution in [1.29, 1.82) is 0 Å². The van der Waals surface area contributed by atoms with Crippen molar-refractivity contribution in [1.82, 2.24) is 10.2 Å². The van der Waals surface area contributed by atoms with Gasteiger partial charge < -0.3 is 10.2 Å². The molecular formula is C10H22N2. The Morgan fingerprint density at radius 2 is 1.92 bits per heavy atom. The summed E-state index contributed by atoms with van der Waals surface area (Å²) in [5, 5.41) is 3.62. The zero-order valence-electron chi connectivity index (χ0n) is 8.64. The summed E-state index contributed by atoms with van der Waals surface area (Å²) in [6.07, 6.45) is 5.63. The molecule has 1 aliphatic rings. The minimum atomic E-state index is 0.658. The van der Waals surface area contributed by atoms with Gasteiger partial charge in [-0.15, -0.1) is 0 Å². The Balaban J connectivity index is 2.07. The van der Waals surface area contributed by atoms with Crippen LogP contribution in [0.5, 0.6) is 0 Å². The van der Waals surface area contributed by atoms with Gasteiger partial charge in [0.15, 0.2) is 0 Å². The standard InChI is InChI=1S/C10H22N2/c1-9(12(2)3)8-11-10-6-4-5-7-10/h9-11H,4-8H2,1-3H3. The van der Waals surface area contributed by atoms with Gasteiger partial charge in [-0.2, -0.15) is 0 Å². The maximum atomic E-state index is 3.62. The second-order valence-electron chi connectivity index (χ2n) is 4.20. The van der Waals surface area contributed by atoms with Gasteiger partial charge in [0.05, 0.1) is 0 Å². The SMILES string of the molecule is CC(CNC1CCCC1)N(C)C. The second kappa shape index (κ2) is 4.83. The fraction of sp³-hybridized carbons (Fsp3) is 1.00. The van der Waals surface area contributed by atoms with Crippen molar-refractivity contribution < 1.29 is 0 Å². The van der Waals surface area contributed by atoms with Crippen LogP contribution >= 0.6 is 0 Å². The van der Waals surface area contributed by atoms with Crippen LogP contribution < -0.4 is 5.32 Å². The molecule has 2 heteroatoms. The maximum Gasteiger partial charge on any atom is 0.0186 e. The third-order valence-corrected chi connectivity index (χ3v) is 2.94. The first-order valence-electron chi connectivity index (χ1n) is 5.10. The quantitative estimate of drug-likeness (QED) is 0.687. The van der Waals surface area contributed by atoms with Gasteiger partial charge in [0, 0.05) is 18.6 Å². The molecule has 0 bridgehead atoms. The highest BCUT2D eigenvalue weighted by Gasteiger charge is 2.15. The summed E-state index contributed by atoms with van der Waals surface area (Å²) >= 11 is 0. The molecule has 0 aromatic heterocycles. The first-order chi connectivity index (χ1) is 5.70. The topological polar surface area (TPSA) is 15.3 Å². The molecule has 0 spiro atoms. The molecule has 1 atom stereocenters. The minimum Gasteiger partial charge on any atom is -0.312 e. The lowest BCUT2D eigenvalue weighted by molar-refractivity contribution is 0.293. The van der Waals surface area contributed by atoms with E-state index in [-0.39, 0.29) is 0 Å². The Morgan fingerprint density at radius 3 is 2.42 bits per heavy atom. The van der Waals surface area contributed by atoms with Crippen LogP contribution in [0.3, 0.4) is 0 Å². The zero-order chi connectivity index (χ0) is 8.97. The molecule has 0 heterocycles. The number of hydrogen-bond donors (Lipinski definition) is 1. The smallest absolute Gasteiger partial charge is 0.0186 e. The molecule has 0 aromatic rings. The summed E-state index contributed by atoms with van der Waals surface area (Å²) < 4.78 is 0. The summed E-state index contributed by atoms with van der Waals surface area (Å²) in [6, 6.07) is 1.47. The van der Waals surface area contributed by atoms with E-state index in [0.717, 1.165) is 12.6 Å². The summed E-state index contributed by atoms with van der Waals surface area (Å²) in [6.45, 7) is 3.40. The summed E-state index contributed by atoms with van der Waals surface area (Å²) in [5.41, 5.74) is 0. The first kappa shape index (κ1) is 10.0. The molecule has 0 saturated heterocycles. The fourth-order valence-electron chi connectivity index (χ4n) is 1.65. The molecule has 12 heavy (non-hydrogen) atoms. The third-order valence-electron chi connectivity index (χ3n) is 2.94. The molecule has 1 aliphatic carbocycles. The van der Waals surface area contributed by atoms with Crippen molar-refractivity contribution >= 4 is 0 Å². The normalized spacial score (nSPS) is 22.0. The third kappa shape index (κ3) is 3.11. The van der Waals surface area contributed by atoms with Crippen molar-refractivity contribution in [2.24, 2.45) is 0 Å². The van der Waals surface area contributed by atoms with Gasteiger partial charge in [-0.3, -0.25) is 0 Å². The van der Waals surface area contributed by atoms with Gasteiger partial charge in [-0.05, 0) is 33.9 Å². The zero-order valence-corrected chi connectivity index (χ0v) is 8.64. The van der Waals surface area contributed by atoms with Gasteiger partial charge in [-0.25, -0.2) is 0 Å². The molecule has 0 amide bonds. The Hall–Kier alpha value is -0.0800. The van der Waals surface area contributed by atoms with Gasteiger partial charge in [0.2, 0.25) is 0 Å². The molecule has 0 radical (unpaired) electrons. The number of hydrogen-bond acceptors (Lipinski definition) is 2. The number of rotatable bonds is 4. The van der Waals surface area contributed by atoms with Gasteiger partial charge in [0.25, 0.3) is 0 Å². The van der Waals surface area contributed by atoms with E-state index in [0.29, 0.717) is 6.04 Å². The highest BCUT2D eigenvalue weighted by atomic mass is 15.1. The Kier molecular flexibility index (Phi) is 4.02. The Labute approximate surface area is 76.3 Å². The van der Waals surface area contributed by atoms with Gasteiger partial charge in [-0.1, -0.05) is 12.8 Å². The predicted molar refractivity (Wildman–Crippen MR) is 53.4 cm³/mol. The fourth-order valence-corrected chi connectivity index (χ4v) is 1.65. The maximum absolute atomic E-state index is 3.62. The van der Waals surface area contributed by atoms with Gasteiger partial charge >= 0.3 is 0 Å². The lowest BCUT2D eigenvalue weighted by Gasteiger charge is -2.22. The highest BCUT2D eigenvalue weighted by Crippen LogP contribution is 2.17. The van der Waals surface area contributed by atoms with Crippen molar-refractivity contribution in [3.05, 3.63) is 0 Å². The lowest BCUT2D eigenvalue weighted by Crippen LogP contribution is -2.39. The predicted octanol–water partition coefficient (Wildman–Crippen LogP) is 1.47. The Bertz CT molecular complexity index is 115. The van der Waals surface area contributed by atoms with Crippen molar-refractivity contribution in [2.75, 3.05) is 20.6 Å². The summed E-state index contributed by atoms with van der Waals surface area (Å²) in [7, 11) is 4.28. The van der Waals surface area contributed by atoms with Crippen LogP contribution in [-0.2, 0) is 0 Å². The van der Waals surface area contributed by atoms with Crippen LogP contribution in [0.15, 0.2) is 0 Å². The molecule has 72 valence electrons. The van der Waals surface area contributed by atoms with E-state index in [1.54, 1.807) is 0 Å². The minimum absolute atomic E-state index is 0.658. The van der Waals surface area contributed by atoms with Crippen LogP contribution in [0.1, 0.15) is 32.6 Å². The van der Waals surface area contributed by atoms with E-state index in [9.17, 15) is 0 Å².